The lowest BCUT2D eigenvalue weighted by Gasteiger charge is -2.34. The minimum atomic E-state index is -3.38. The number of piperidine rings is 1. The summed E-state index contributed by atoms with van der Waals surface area (Å²) in [6, 6.07) is 16.6. The molecule has 0 aromatic heterocycles. The van der Waals surface area contributed by atoms with Crippen molar-refractivity contribution in [1.82, 2.24) is 10.6 Å². The summed E-state index contributed by atoms with van der Waals surface area (Å²) in [5.74, 6) is 0.752. The van der Waals surface area contributed by atoms with E-state index in [0.29, 0.717) is 12.2 Å². The molecule has 2 N–H and O–H groups in total. The highest BCUT2D eigenvalue weighted by Crippen LogP contribution is 2.28. The summed E-state index contributed by atoms with van der Waals surface area (Å²) in [5.41, 5.74) is 2.86. The lowest BCUT2D eigenvalue weighted by atomic mass is 9.92. The van der Waals surface area contributed by atoms with Crippen LogP contribution in [0, 0.1) is 0 Å². The van der Waals surface area contributed by atoms with E-state index in [4.69, 9.17) is 4.74 Å². The molecule has 0 aliphatic carbocycles. The summed E-state index contributed by atoms with van der Waals surface area (Å²) >= 11 is 0. The normalized spacial score (nSPS) is 19.6. The Hall–Kier alpha value is -2.09. The van der Waals surface area contributed by atoms with E-state index >= 15 is 0 Å². The second-order valence-corrected chi connectivity index (χ2v) is 10.5. The van der Waals surface area contributed by atoms with Crippen molar-refractivity contribution in [2.75, 3.05) is 25.0 Å². The van der Waals surface area contributed by atoms with E-state index in [1.807, 2.05) is 18.2 Å². The van der Waals surface area contributed by atoms with Crippen LogP contribution in [0.3, 0.4) is 0 Å². The average molecular weight is 432 g/mol. The number of ether oxygens (including phenoxy) is 1. The summed E-state index contributed by atoms with van der Waals surface area (Å²) in [5, 5.41) is 6.83. The molecule has 0 spiro atoms. The molecule has 1 aliphatic rings. The summed E-state index contributed by atoms with van der Waals surface area (Å²) < 4.78 is 32.0. The predicted octanol–water partition coefficient (Wildman–Crippen LogP) is 3.45. The van der Waals surface area contributed by atoms with Gasteiger partial charge in [0.15, 0.2) is 0 Å². The third-order valence-electron chi connectivity index (χ3n) is 5.78. The van der Waals surface area contributed by atoms with Gasteiger partial charge >= 0.3 is 0 Å². The Morgan fingerprint density at radius 3 is 2.60 bits per heavy atom. The Morgan fingerprint density at radius 2 is 1.93 bits per heavy atom. The van der Waals surface area contributed by atoms with Gasteiger partial charge in [-0.05, 0) is 57.0 Å². The summed E-state index contributed by atoms with van der Waals surface area (Å²) in [6.45, 7) is 4.99. The number of sulfonamides is 1. The van der Waals surface area contributed by atoms with Crippen LogP contribution in [-0.4, -0.2) is 40.4 Å². The number of nitrogens with one attached hydrogen (secondary N) is 2. The van der Waals surface area contributed by atoms with Crippen LogP contribution in [0.15, 0.2) is 48.5 Å². The topological polar surface area (TPSA) is 70.7 Å². The number of methoxy groups -OCH3 is 1. The Balaban J connectivity index is 1.80. The third kappa shape index (κ3) is 4.96. The number of rotatable bonds is 8. The summed E-state index contributed by atoms with van der Waals surface area (Å²) in [6.07, 6.45) is 2.20. The zero-order valence-electron chi connectivity index (χ0n) is 18.3. The molecule has 1 aliphatic heterocycles. The van der Waals surface area contributed by atoms with Crippen molar-refractivity contribution in [3.63, 3.8) is 0 Å². The molecule has 0 bridgehead atoms. The molecule has 1 heterocycles. The average Bonchev–Trinajstić information content (AvgIpc) is 2.77. The molecule has 164 valence electrons. The van der Waals surface area contributed by atoms with Crippen LogP contribution in [0.4, 0.5) is 5.69 Å². The fourth-order valence-corrected chi connectivity index (χ4v) is 4.96. The molecular weight excluding hydrogens is 398 g/mol. The lowest BCUT2D eigenvalue weighted by Crippen LogP contribution is -2.45. The van der Waals surface area contributed by atoms with Crippen LogP contribution < -0.4 is 19.7 Å². The summed E-state index contributed by atoms with van der Waals surface area (Å²) in [4.78, 5) is 0. The number of hydrogen-bond donors (Lipinski definition) is 2. The van der Waals surface area contributed by atoms with Gasteiger partial charge in [-0.3, -0.25) is 4.31 Å². The predicted molar refractivity (Wildman–Crippen MR) is 123 cm³/mol. The molecule has 0 radical (unpaired) electrons. The van der Waals surface area contributed by atoms with Crippen LogP contribution in [0.1, 0.15) is 43.9 Å². The van der Waals surface area contributed by atoms with Crippen LogP contribution in [-0.2, 0) is 16.6 Å². The van der Waals surface area contributed by atoms with Crippen LogP contribution in [0.25, 0.3) is 0 Å². The number of anilines is 1. The molecule has 2 atom stereocenters. The van der Waals surface area contributed by atoms with Gasteiger partial charge in [-0.1, -0.05) is 30.3 Å². The molecule has 30 heavy (non-hydrogen) atoms. The highest BCUT2D eigenvalue weighted by Gasteiger charge is 2.26. The zero-order chi connectivity index (χ0) is 21.7. The second kappa shape index (κ2) is 9.81. The quantitative estimate of drug-likeness (QED) is 0.670. The number of benzene rings is 2. The fourth-order valence-electron chi connectivity index (χ4n) is 3.92. The molecule has 7 heteroatoms. The maximum absolute atomic E-state index is 12.6. The van der Waals surface area contributed by atoms with Gasteiger partial charge in [0.25, 0.3) is 0 Å². The zero-order valence-corrected chi connectivity index (χ0v) is 19.1. The molecule has 0 saturated carbocycles. The summed E-state index contributed by atoms with van der Waals surface area (Å²) in [7, 11) is -0.141. The van der Waals surface area contributed by atoms with Crippen molar-refractivity contribution < 1.29 is 13.2 Å². The van der Waals surface area contributed by atoms with Crippen molar-refractivity contribution in [2.45, 2.75) is 50.6 Å². The first-order valence-corrected chi connectivity index (χ1v) is 12.0. The van der Waals surface area contributed by atoms with Gasteiger partial charge in [-0.25, -0.2) is 8.42 Å². The van der Waals surface area contributed by atoms with E-state index < -0.39 is 15.3 Å². The molecule has 6 nitrogen and oxygen atoms in total. The van der Waals surface area contributed by atoms with Gasteiger partial charge in [0.05, 0.1) is 18.0 Å². The second-order valence-electron chi connectivity index (χ2n) is 8.03. The Bertz CT molecular complexity index is 932. The molecule has 0 unspecified atom stereocenters. The van der Waals surface area contributed by atoms with Gasteiger partial charge in [0.1, 0.15) is 5.75 Å². The largest absolute Gasteiger partial charge is 0.496 e. The first-order chi connectivity index (χ1) is 14.3. The Kier molecular flexibility index (Phi) is 7.39. The number of hydrogen-bond acceptors (Lipinski definition) is 5. The molecular formula is C23H33N3O3S. The molecule has 2 aromatic carbocycles. The van der Waals surface area contributed by atoms with Gasteiger partial charge in [-0.2, -0.15) is 0 Å². The van der Waals surface area contributed by atoms with E-state index in [1.54, 1.807) is 34.1 Å². The maximum Gasteiger partial charge on any atom is 0.237 e. The van der Waals surface area contributed by atoms with E-state index in [-0.39, 0.29) is 12.1 Å². The van der Waals surface area contributed by atoms with Crippen LogP contribution in [0.2, 0.25) is 0 Å². The van der Waals surface area contributed by atoms with Crippen molar-refractivity contribution in [3.05, 3.63) is 59.7 Å². The van der Waals surface area contributed by atoms with Crippen LogP contribution in [0.5, 0.6) is 5.75 Å². The third-order valence-corrected chi connectivity index (χ3v) is 7.94. The Labute approximate surface area is 180 Å². The van der Waals surface area contributed by atoms with Crippen molar-refractivity contribution in [3.8, 4) is 5.75 Å². The molecule has 2 aromatic rings. The van der Waals surface area contributed by atoms with E-state index in [1.165, 1.54) is 9.87 Å². The maximum atomic E-state index is 12.6. The first-order valence-electron chi connectivity index (χ1n) is 10.5. The van der Waals surface area contributed by atoms with E-state index in [2.05, 4.69) is 34.9 Å². The molecule has 1 fully saturated rings. The van der Waals surface area contributed by atoms with Gasteiger partial charge in [0, 0.05) is 31.2 Å². The van der Waals surface area contributed by atoms with Crippen molar-refractivity contribution in [2.24, 2.45) is 0 Å². The minimum Gasteiger partial charge on any atom is -0.496 e. The van der Waals surface area contributed by atoms with Gasteiger partial charge < -0.3 is 15.4 Å². The van der Waals surface area contributed by atoms with Gasteiger partial charge in [-0.15, -0.1) is 0 Å². The Morgan fingerprint density at radius 1 is 1.20 bits per heavy atom. The first kappa shape index (κ1) is 22.6. The van der Waals surface area contributed by atoms with Gasteiger partial charge in [0.2, 0.25) is 10.0 Å². The highest BCUT2D eigenvalue weighted by atomic mass is 32.2. The molecule has 1 saturated heterocycles. The molecule has 3 rings (SSSR count). The SMILES string of the molecule is COc1ccc(N(C)S(=O)(=O)C(C)C)cc1CN[C@H]1CCCN[C@H]1c1ccccc1. The van der Waals surface area contributed by atoms with Crippen molar-refractivity contribution >= 4 is 15.7 Å². The number of nitrogens with zero attached hydrogens (tertiary/aromatic N) is 1. The van der Waals surface area contributed by atoms with E-state index in [0.717, 1.165) is 30.7 Å². The fraction of sp³-hybridized carbons (Fsp3) is 0.478. The standard InChI is InChI=1S/C23H33N3O3S/c1-17(2)30(27,28)26(3)20-12-13-22(29-4)19(15-20)16-25-21-11-8-14-24-23(21)18-9-6-5-7-10-18/h5-7,9-10,12-13,15,17,21,23-25H,8,11,14,16H2,1-4H3/t21-,23-/m0/s1. The minimum absolute atomic E-state index is 0.248. The highest BCUT2D eigenvalue weighted by molar-refractivity contribution is 7.93. The van der Waals surface area contributed by atoms with Crippen molar-refractivity contribution in [1.29, 1.82) is 0 Å². The monoisotopic (exact) mass is 431 g/mol. The van der Waals surface area contributed by atoms with Crippen LogP contribution >= 0.6 is 0 Å². The smallest absolute Gasteiger partial charge is 0.237 e. The lowest BCUT2D eigenvalue weighted by molar-refractivity contribution is 0.303. The van der Waals surface area contributed by atoms with E-state index in [9.17, 15) is 8.42 Å². The molecule has 0 amide bonds.